The van der Waals surface area contributed by atoms with Crippen molar-refractivity contribution < 1.29 is 33.3 Å². The van der Waals surface area contributed by atoms with E-state index in [-0.39, 0.29) is 22.4 Å². The van der Waals surface area contributed by atoms with Crippen LogP contribution in [0.3, 0.4) is 0 Å². The number of aliphatic hydroxyl groups is 1. The van der Waals surface area contributed by atoms with E-state index in [9.17, 15) is 19.8 Å². The number of rotatable bonds is 3. The van der Waals surface area contributed by atoms with Gasteiger partial charge in [0.25, 0.3) is 0 Å². The molecule has 0 fully saturated rings. The lowest BCUT2D eigenvalue weighted by atomic mass is 9.92. The van der Waals surface area contributed by atoms with Gasteiger partial charge in [0.05, 0.1) is 12.5 Å². The average Bonchev–Trinajstić information content (AvgIpc) is 2.96. The number of ether oxygens (including phenoxy) is 1. The van der Waals surface area contributed by atoms with E-state index in [0.717, 1.165) is 10.8 Å². The van der Waals surface area contributed by atoms with Crippen LogP contribution in [0.1, 0.15) is 40.8 Å². The van der Waals surface area contributed by atoms with Gasteiger partial charge in [-0.3, -0.25) is 9.59 Å². The molecule has 1 unspecified atom stereocenters. The second-order valence-electron chi connectivity index (χ2n) is 10.8. The highest BCUT2D eigenvalue weighted by Gasteiger charge is 2.36. The molecule has 4 aromatic carbocycles. The average molecular weight is 583 g/mol. The number of nitrogens with zero attached hydrogens (tertiary/aromatic N) is 1. The molecular weight excluding hydrogens is 554 g/mol. The number of carbonyl (C=O) groups is 2. The summed E-state index contributed by atoms with van der Waals surface area (Å²) in [6.45, 7) is 3.43. The van der Waals surface area contributed by atoms with E-state index >= 15 is 8.78 Å². The monoisotopic (exact) mass is 582 g/mol. The van der Waals surface area contributed by atoms with Crippen molar-refractivity contribution in [2.24, 2.45) is 0 Å². The number of carboxylic acid groups (broad SMARTS) is 1. The van der Waals surface area contributed by atoms with Gasteiger partial charge >= 0.3 is 5.97 Å². The molecule has 0 saturated carbocycles. The zero-order chi connectivity index (χ0) is 30.4. The van der Waals surface area contributed by atoms with Gasteiger partial charge in [0.1, 0.15) is 35.4 Å². The Morgan fingerprint density at radius 2 is 1.72 bits per heavy atom. The summed E-state index contributed by atoms with van der Waals surface area (Å²) in [5.41, 5.74) is 2.10. The lowest BCUT2D eigenvalue weighted by molar-refractivity contribution is -0.138. The zero-order valence-corrected chi connectivity index (χ0v) is 23.3. The van der Waals surface area contributed by atoms with Gasteiger partial charge in [0.2, 0.25) is 5.91 Å². The van der Waals surface area contributed by atoms with Gasteiger partial charge in [-0.25, -0.2) is 8.78 Å². The van der Waals surface area contributed by atoms with Gasteiger partial charge in [0, 0.05) is 22.9 Å². The second kappa shape index (κ2) is 11.0. The molecule has 43 heavy (non-hydrogen) atoms. The molecule has 2 aliphatic heterocycles. The van der Waals surface area contributed by atoms with Crippen molar-refractivity contribution in [3.05, 3.63) is 117 Å². The maximum Gasteiger partial charge on any atom is 0.305 e. The number of hydrogen-bond acceptors (Lipinski definition) is 5. The van der Waals surface area contributed by atoms with Crippen LogP contribution in [0.5, 0.6) is 11.5 Å². The van der Waals surface area contributed by atoms with E-state index in [1.165, 1.54) is 35.2 Å². The molecule has 0 aromatic heterocycles. The van der Waals surface area contributed by atoms with Crippen molar-refractivity contribution in [3.63, 3.8) is 0 Å². The van der Waals surface area contributed by atoms with Crippen LogP contribution in [-0.4, -0.2) is 33.2 Å². The van der Waals surface area contributed by atoms with Gasteiger partial charge in [-0.05, 0) is 83.4 Å². The molecule has 0 radical (unpaired) electrons. The highest BCUT2D eigenvalue weighted by atomic mass is 19.1. The summed E-state index contributed by atoms with van der Waals surface area (Å²) in [6.07, 6.45) is 1.10. The van der Waals surface area contributed by atoms with Crippen LogP contribution in [0.2, 0.25) is 0 Å². The SMILES string of the molecule is Cc1cc2cc(c1F)[C@H](CC(=O)O)NC(=O)[C@@H](N1C=c3ccccc3=CC1O)c1cc(ccc1F)Oc1cccc(C)c1-2. The normalized spacial score (nSPS) is 19.1. The number of aryl methyl sites for hydroxylation is 2. The number of hydrogen-bond donors (Lipinski definition) is 3. The first-order valence-corrected chi connectivity index (χ1v) is 13.7. The molecule has 9 heteroatoms. The second-order valence-corrected chi connectivity index (χ2v) is 10.8. The largest absolute Gasteiger partial charge is 0.481 e. The first kappa shape index (κ1) is 28.1. The highest BCUT2D eigenvalue weighted by Crippen LogP contribution is 2.40. The molecule has 0 aliphatic carbocycles. The van der Waals surface area contributed by atoms with E-state index in [1.807, 2.05) is 13.0 Å². The number of benzene rings is 4. The Morgan fingerprint density at radius 1 is 0.953 bits per heavy atom. The van der Waals surface area contributed by atoms with Crippen molar-refractivity contribution in [1.29, 1.82) is 0 Å². The van der Waals surface area contributed by atoms with Crippen molar-refractivity contribution in [1.82, 2.24) is 10.2 Å². The number of carboxylic acids is 1. The number of amides is 1. The first-order valence-electron chi connectivity index (χ1n) is 13.7. The van der Waals surface area contributed by atoms with Crippen LogP contribution in [-0.2, 0) is 9.59 Å². The topological polar surface area (TPSA) is 99.1 Å². The predicted molar refractivity (Wildman–Crippen MR) is 156 cm³/mol. The molecule has 2 aliphatic rings. The third-order valence-corrected chi connectivity index (χ3v) is 7.83. The maximum absolute atomic E-state index is 15.8. The summed E-state index contributed by atoms with van der Waals surface area (Å²) >= 11 is 0. The molecule has 3 N–H and O–H groups in total. The fraction of sp³-hybridized carbons (Fsp3) is 0.176. The van der Waals surface area contributed by atoms with Crippen molar-refractivity contribution in [2.75, 3.05) is 0 Å². The van der Waals surface area contributed by atoms with Crippen molar-refractivity contribution in [2.45, 2.75) is 38.6 Å². The van der Waals surface area contributed by atoms with Gasteiger partial charge in [0.15, 0.2) is 0 Å². The first-order chi connectivity index (χ1) is 20.6. The number of aliphatic carboxylic acids is 1. The van der Waals surface area contributed by atoms with E-state index in [2.05, 4.69) is 5.32 Å². The Labute approximate surface area is 246 Å². The quantitative estimate of drug-likeness (QED) is 0.327. The molecule has 4 bridgehead atoms. The molecule has 1 amide bonds. The Bertz CT molecular complexity index is 1910. The van der Waals surface area contributed by atoms with E-state index < -0.39 is 48.2 Å². The Morgan fingerprint density at radius 3 is 2.49 bits per heavy atom. The summed E-state index contributed by atoms with van der Waals surface area (Å²) in [5, 5.41) is 25.0. The van der Waals surface area contributed by atoms with Gasteiger partial charge in [-0.15, -0.1) is 0 Å². The Kier molecular flexibility index (Phi) is 7.19. The standard InChI is InChI=1S/C34H28F2N2O5/c1-18-6-5-9-28-31(18)22-12-19(2)32(36)25(13-22)27(16-30(40)41)37-34(42)33(24-15-23(43-28)10-11-26(24)35)38-17-21-8-4-3-7-20(21)14-29(38)39/h3-15,17,27,29,33,39H,16H2,1-2H3,(H,37,42)(H,40,41)/t27-,29?,33-/m0/s1. The van der Waals surface area contributed by atoms with Crippen LogP contribution in [0, 0.1) is 25.5 Å². The predicted octanol–water partition coefficient (Wildman–Crippen LogP) is 4.58. The highest BCUT2D eigenvalue weighted by molar-refractivity contribution is 5.86. The number of carbonyl (C=O) groups excluding carboxylic acids is 1. The van der Waals surface area contributed by atoms with Crippen LogP contribution in [0.15, 0.2) is 72.8 Å². The minimum Gasteiger partial charge on any atom is -0.481 e. The minimum atomic E-state index is -1.48. The fourth-order valence-electron chi connectivity index (χ4n) is 5.80. The summed E-state index contributed by atoms with van der Waals surface area (Å²) in [5.74, 6) is -2.88. The molecule has 4 aromatic rings. The Balaban J connectivity index is 1.62. The third-order valence-electron chi connectivity index (χ3n) is 7.83. The van der Waals surface area contributed by atoms with Crippen LogP contribution >= 0.6 is 0 Å². The maximum atomic E-state index is 15.8. The molecule has 218 valence electrons. The molecule has 2 heterocycles. The fourth-order valence-corrected chi connectivity index (χ4v) is 5.80. The van der Waals surface area contributed by atoms with Crippen LogP contribution in [0.4, 0.5) is 8.78 Å². The van der Waals surface area contributed by atoms with Gasteiger partial charge in [-0.1, -0.05) is 36.4 Å². The van der Waals surface area contributed by atoms with E-state index in [4.69, 9.17) is 4.74 Å². The lowest BCUT2D eigenvalue weighted by Crippen LogP contribution is -2.48. The van der Waals surface area contributed by atoms with Crippen molar-refractivity contribution >= 4 is 24.2 Å². The molecular formula is C34H28F2N2O5. The van der Waals surface area contributed by atoms with Crippen molar-refractivity contribution in [3.8, 4) is 22.6 Å². The zero-order valence-electron chi connectivity index (χ0n) is 23.3. The van der Waals surface area contributed by atoms with E-state index in [0.29, 0.717) is 22.1 Å². The summed E-state index contributed by atoms with van der Waals surface area (Å²) in [4.78, 5) is 27.5. The minimum absolute atomic E-state index is 0.0368. The Hall–Kier alpha value is -5.02. The third kappa shape index (κ3) is 5.23. The van der Waals surface area contributed by atoms with Gasteiger partial charge in [-0.2, -0.15) is 0 Å². The van der Waals surface area contributed by atoms with E-state index in [1.54, 1.807) is 55.6 Å². The number of fused-ring (bicyclic) bond motifs is 7. The van der Waals surface area contributed by atoms with Gasteiger partial charge < -0.3 is 25.2 Å². The molecule has 0 saturated heterocycles. The number of aliphatic hydroxyl groups excluding tert-OH is 1. The molecule has 7 nitrogen and oxygen atoms in total. The lowest BCUT2D eigenvalue weighted by Gasteiger charge is -2.35. The molecule has 3 atom stereocenters. The number of nitrogens with one attached hydrogen (secondary N) is 1. The molecule has 6 rings (SSSR count). The van der Waals surface area contributed by atoms with Crippen LogP contribution < -0.4 is 20.5 Å². The summed E-state index contributed by atoms with van der Waals surface area (Å²) in [6, 6.07) is 16.9. The summed E-state index contributed by atoms with van der Waals surface area (Å²) in [7, 11) is 0. The summed E-state index contributed by atoms with van der Waals surface area (Å²) < 4.78 is 37.7. The number of halogens is 2. The smallest absolute Gasteiger partial charge is 0.305 e. The van der Waals surface area contributed by atoms with Crippen LogP contribution in [0.25, 0.3) is 23.4 Å². The molecule has 0 spiro atoms.